The number of aldehydes is 1. The number of carbonyl (C=O) groups excluding carboxylic acids is 1. The molecular weight excluding hydrogens is 323 g/mol. The molecule has 0 aliphatic rings. The Morgan fingerprint density at radius 3 is 2.60 bits per heavy atom. The van der Waals surface area contributed by atoms with Crippen molar-refractivity contribution in [3.8, 4) is 0 Å². The Labute approximate surface area is 149 Å². The van der Waals surface area contributed by atoms with Crippen molar-refractivity contribution < 1.29 is 19.4 Å². The van der Waals surface area contributed by atoms with Gasteiger partial charge in [0, 0.05) is 24.5 Å². The number of carbonyl (C=O) groups is 1. The first-order chi connectivity index (χ1) is 11.8. The Balaban J connectivity index is 2.27. The minimum Gasteiger partial charge on any atom is -0.396 e. The maximum Gasteiger partial charge on any atom is 0.153 e. The zero-order chi connectivity index (χ0) is 18.9. The number of aliphatic hydroxyl groups excluding tert-OH is 1. The fourth-order valence-electron chi connectivity index (χ4n) is 2.46. The van der Waals surface area contributed by atoms with Gasteiger partial charge < -0.3 is 25.6 Å². The van der Waals surface area contributed by atoms with Crippen LogP contribution in [-0.4, -0.2) is 54.4 Å². The highest BCUT2D eigenvalue weighted by atomic mass is 19.1. The molecule has 0 aliphatic heterocycles. The molecule has 0 aliphatic carbocycles. The van der Waals surface area contributed by atoms with E-state index in [0.717, 1.165) is 18.5 Å². The molecule has 1 aromatic carbocycles. The number of rotatable bonds is 12. The third-order valence-corrected chi connectivity index (χ3v) is 4.68. The van der Waals surface area contributed by atoms with Crippen LogP contribution in [0.15, 0.2) is 24.3 Å². The van der Waals surface area contributed by atoms with E-state index in [9.17, 15) is 19.4 Å². The van der Waals surface area contributed by atoms with Gasteiger partial charge in [0.2, 0.25) is 0 Å². The van der Waals surface area contributed by atoms with Crippen molar-refractivity contribution >= 4 is 6.29 Å². The molecule has 0 spiro atoms. The highest BCUT2D eigenvalue weighted by Crippen LogP contribution is 2.28. The SMILES string of the molecule is C[C@@H](CNC[C@](O)(C=O)C(C)(C)CO)NCCCc1ccccc1F. The number of nitrogens with one attached hydrogen (secondary N) is 2. The van der Waals surface area contributed by atoms with Crippen molar-refractivity contribution in [2.24, 2.45) is 5.41 Å². The van der Waals surface area contributed by atoms with Crippen molar-refractivity contribution in [2.75, 3.05) is 26.2 Å². The first-order valence-electron chi connectivity index (χ1n) is 8.73. The molecule has 142 valence electrons. The zero-order valence-corrected chi connectivity index (χ0v) is 15.4. The number of halogens is 1. The fraction of sp³-hybridized carbons (Fsp3) is 0.632. The summed E-state index contributed by atoms with van der Waals surface area (Å²) >= 11 is 0. The second-order valence-electron chi connectivity index (χ2n) is 7.27. The minimum atomic E-state index is -1.62. The van der Waals surface area contributed by atoms with Crippen LogP contribution < -0.4 is 10.6 Å². The molecule has 0 aromatic heterocycles. The van der Waals surface area contributed by atoms with Crippen LogP contribution in [0.5, 0.6) is 0 Å². The molecule has 0 fully saturated rings. The average molecular weight is 354 g/mol. The lowest BCUT2D eigenvalue weighted by molar-refractivity contribution is -0.140. The van der Waals surface area contributed by atoms with E-state index in [2.05, 4.69) is 10.6 Å². The molecule has 0 heterocycles. The van der Waals surface area contributed by atoms with Gasteiger partial charge >= 0.3 is 0 Å². The molecule has 0 saturated heterocycles. The smallest absolute Gasteiger partial charge is 0.153 e. The standard InChI is InChI=1S/C19H31FN2O3/c1-15(11-21-12-19(25,14-24)18(2,3)13-23)22-10-6-8-16-7-4-5-9-17(16)20/h4-5,7,9,14-15,21-23,25H,6,8,10-13H2,1-3H3/t15-,19-/m0/s1. The van der Waals surface area contributed by atoms with E-state index in [-0.39, 0.29) is 25.0 Å². The molecule has 0 radical (unpaired) electrons. The number of benzene rings is 1. The summed E-state index contributed by atoms with van der Waals surface area (Å²) in [7, 11) is 0. The van der Waals surface area contributed by atoms with E-state index in [0.29, 0.717) is 19.3 Å². The highest BCUT2D eigenvalue weighted by molar-refractivity contribution is 5.64. The van der Waals surface area contributed by atoms with Crippen molar-refractivity contribution in [1.82, 2.24) is 10.6 Å². The maximum absolute atomic E-state index is 13.5. The molecule has 0 amide bonds. The first kappa shape index (κ1) is 21.7. The van der Waals surface area contributed by atoms with E-state index in [1.54, 1.807) is 26.0 Å². The molecule has 4 N–H and O–H groups in total. The third-order valence-electron chi connectivity index (χ3n) is 4.68. The number of aryl methyl sites for hydroxylation is 1. The van der Waals surface area contributed by atoms with E-state index >= 15 is 0 Å². The van der Waals surface area contributed by atoms with Crippen molar-refractivity contribution in [3.63, 3.8) is 0 Å². The zero-order valence-electron chi connectivity index (χ0n) is 15.4. The van der Waals surface area contributed by atoms with Crippen LogP contribution in [0.1, 0.15) is 32.8 Å². The van der Waals surface area contributed by atoms with E-state index in [1.165, 1.54) is 6.07 Å². The van der Waals surface area contributed by atoms with Crippen LogP contribution in [0, 0.1) is 11.2 Å². The van der Waals surface area contributed by atoms with E-state index < -0.39 is 11.0 Å². The minimum absolute atomic E-state index is 0.0747. The number of hydrogen-bond acceptors (Lipinski definition) is 5. The van der Waals surface area contributed by atoms with Gasteiger partial charge in [-0.05, 0) is 37.9 Å². The van der Waals surface area contributed by atoms with Gasteiger partial charge in [0.1, 0.15) is 11.4 Å². The van der Waals surface area contributed by atoms with Crippen molar-refractivity contribution in [2.45, 2.75) is 45.3 Å². The summed E-state index contributed by atoms with van der Waals surface area (Å²) in [5.74, 6) is -0.170. The summed E-state index contributed by atoms with van der Waals surface area (Å²) in [5, 5.41) is 26.1. The third kappa shape index (κ3) is 6.47. The summed E-state index contributed by atoms with van der Waals surface area (Å²) in [6.07, 6.45) is 1.99. The Bertz CT molecular complexity index is 539. The lowest BCUT2D eigenvalue weighted by Gasteiger charge is -2.37. The van der Waals surface area contributed by atoms with Gasteiger partial charge in [-0.25, -0.2) is 4.39 Å². The Hall–Kier alpha value is -1.34. The van der Waals surface area contributed by atoms with E-state index in [1.807, 2.05) is 13.0 Å². The second kappa shape index (κ2) is 9.97. The predicted octanol–water partition coefficient (Wildman–Crippen LogP) is 1.27. The van der Waals surface area contributed by atoms with Crippen LogP contribution in [0.3, 0.4) is 0 Å². The second-order valence-corrected chi connectivity index (χ2v) is 7.27. The van der Waals surface area contributed by atoms with Crippen LogP contribution >= 0.6 is 0 Å². The van der Waals surface area contributed by atoms with Crippen molar-refractivity contribution in [1.29, 1.82) is 0 Å². The maximum atomic E-state index is 13.5. The molecule has 1 aromatic rings. The van der Waals surface area contributed by atoms with Gasteiger partial charge in [-0.1, -0.05) is 32.0 Å². The summed E-state index contributed by atoms with van der Waals surface area (Å²) in [4.78, 5) is 11.2. The van der Waals surface area contributed by atoms with Crippen LogP contribution in [0.2, 0.25) is 0 Å². The Kier molecular flexibility index (Phi) is 8.65. The van der Waals surface area contributed by atoms with Crippen molar-refractivity contribution in [3.05, 3.63) is 35.6 Å². The molecule has 0 saturated carbocycles. The topological polar surface area (TPSA) is 81.6 Å². The molecule has 0 unspecified atom stereocenters. The van der Waals surface area contributed by atoms with Crippen LogP contribution in [-0.2, 0) is 11.2 Å². The Morgan fingerprint density at radius 1 is 1.32 bits per heavy atom. The molecule has 2 atom stereocenters. The Morgan fingerprint density at radius 2 is 2.00 bits per heavy atom. The number of hydrogen-bond donors (Lipinski definition) is 4. The van der Waals surface area contributed by atoms with E-state index in [4.69, 9.17) is 0 Å². The van der Waals surface area contributed by atoms with Gasteiger partial charge in [-0.2, -0.15) is 0 Å². The normalized spacial score (nSPS) is 15.6. The predicted molar refractivity (Wildman–Crippen MR) is 96.9 cm³/mol. The summed E-state index contributed by atoms with van der Waals surface area (Å²) in [6, 6.07) is 6.92. The average Bonchev–Trinajstić information content (AvgIpc) is 2.59. The lowest BCUT2D eigenvalue weighted by Crippen LogP contribution is -2.56. The monoisotopic (exact) mass is 354 g/mol. The fourth-order valence-corrected chi connectivity index (χ4v) is 2.46. The lowest BCUT2D eigenvalue weighted by atomic mass is 9.76. The quantitative estimate of drug-likeness (QED) is 0.336. The summed E-state index contributed by atoms with van der Waals surface area (Å²) in [5.41, 5.74) is -1.82. The molecule has 6 heteroatoms. The molecular formula is C19H31FN2O3. The summed E-state index contributed by atoms with van der Waals surface area (Å²) < 4.78 is 13.5. The summed E-state index contributed by atoms with van der Waals surface area (Å²) in [6.45, 7) is 6.39. The van der Waals surface area contributed by atoms with Gasteiger partial charge in [-0.3, -0.25) is 0 Å². The van der Waals surface area contributed by atoms with Gasteiger partial charge in [0.15, 0.2) is 6.29 Å². The highest BCUT2D eigenvalue weighted by Gasteiger charge is 2.42. The largest absolute Gasteiger partial charge is 0.396 e. The van der Waals surface area contributed by atoms with Gasteiger partial charge in [0.05, 0.1) is 6.61 Å². The molecule has 0 bridgehead atoms. The first-order valence-corrected chi connectivity index (χ1v) is 8.73. The molecule has 1 rings (SSSR count). The van der Waals surface area contributed by atoms with Crippen LogP contribution in [0.4, 0.5) is 4.39 Å². The molecule has 25 heavy (non-hydrogen) atoms. The molecule has 5 nitrogen and oxygen atoms in total. The van der Waals surface area contributed by atoms with Gasteiger partial charge in [0.25, 0.3) is 0 Å². The van der Waals surface area contributed by atoms with Gasteiger partial charge in [-0.15, -0.1) is 0 Å². The number of aliphatic hydroxyl groups is 2. The van der Waals surface area contributed by atoms with Crippen LogP contribution in [0.25, 0.3) is 0 Å².